The number of unbranched alkanes of at least 4 members (excludes halogenated alkanes) is 2. The first-order chi connectivity index (χ1) is 18.6. The second kappa shape index (κ2) is 11.8. The Hall–Kier alpha value is -3.30. The predicted octanol–water partition coefficient (Wildman–Crippen LogP) is 6.77. The van der Waals surface area contributed by atoms with E-state index in [2.05, 4.69) is 22.7 Å². The Kier molecular flexibility index (Phi) is 8.71. The standard InChI is InChI=1S/C28H26Cl2F3N3O3/c1-2-3-6-11-34-25(37)16-35-26(38)23-10-9-22(20-7-4-5-8-21(20)23)24-15-27(39-36-24,28(31,32)33)17-12-18(29)14-19(30)13-17/h4-5,7-10,12-14H,2-3,6,11,15-16H2,1H3,(H,34,37)(H,35,38). The molecule has 1 atom stereocenters. The van der Waals surface area contributed by atoms with Crippen LogP contribution in [-0.2, 0) is 15.2 Å². The predicted molar refractivity (Wildman–Crippen MR) is 145 cm³/mol. The lowest BCUT2D eigenvalue weighted by Crippen LogP contribution is -2.42. The summed E-state index contributed by atoms with van der Waals surface area (Å²) in [4.78, 5) is 30.1. The molecule has 0 saturated carbocycles. The maximum absolute atomic E-state index is 14.4. The highest BCUT2D eigenvalue weighted by atomic mass is 35.5. The molecule has 2 amide bonds. The van der Waals surface area contributed by atoms with Crippen LogP contribution in [0.4, 0.5) is 13.2 Å². The van der Waals surface area contributed by atoms with Gasteiger partial charge >= 0.3 is 6.18 Å². The van der Waals surface area contributed by atoms with E-state index in [0.717, 1.165) is 31.4 Å². The van der Waals surface area contributed by atoms with Gasteiger partial charge in [-0.05, 0) is 41.5 Å². The smallest absolute Gasteiger partial charge is 0.374 e. The molecule has 3 aromatic rings. The highest BCUT2D eigenvalue weighted by Crippen LogP contribution is 2.50. The Morgan fingerprint density at radius 1 is 1.00 bits per heavy atom. The quantitative estimate of drug-likeness (QED) is 0.275. The van der Waals surface area contributed by atoms with Crippen LogP contribution in [0.25, 0.3) is 10.8 Å². The van der Waals surface area contributed by atoms with Gasteiger partial charge in [-0.25, -0.2) is 0 Å². The van der Waals surface area contributed by atoms with Crippen LogP contribution in [0.1, 0.15) is 54.1 Å². The van der Waals surface area contributed by atoms with Crippen LogP contribution in [0, 0.1) is 0 Å². The molecule has 0 spiro atoms. The Morgan fingerprint density at radius 3 is 2.36 bits per heavy atom. The summed E-state index contributed by atoms with van der Waals surface area (Å²) in [5, 5.41) is 10.3. The van der Waals surface area contributed by atoms with E-state index in [-0.39, 0.29) is 39.3 Å². The van der Waals surface area contributed by atoms with Gasteiger partial charge in [-0.1, -0.05) is 78.5 Å². The number of carbonyl (C=O) groups excluding carboxylic acids is 2. The number of alkyl halides is 3. The minimum atomic E-state index is -4.83. The van der Waals surface area contributed by atoms with Crippen LogP contribution < -0.4 is 10.6 Å². The number of oxime groups is 1. The van der Waals surface area contributed by atoms with Crippen molar-refractivity contribution in [3.8, 4) is 0 Å². The summed E-state index contributed by atoms with van der Waals surface area (Å²) in [5.41, 5.74) is -2.33. The molecule has 2 N–H and O–H groups in total. The fourth-order valence-corrected chi connectivity index (χ4v) is 5.03. The first-order valence-electron chi connectivity index (χ1n) is 12.4. The van der Waals surface area contributed by atoms with Crippen molar-refractivity contribution in [2.75, 3.05) is 13.1 Å². The summed E-state index contributed by atoms with van der Waals surface area (Å²) in [7, 11) is 0. The first kappa shape index (κ1) is 28.7. The van der Waals surface area contributed by atoms with Gasteiger partial charge in [0.15, 0.2) is 0 Å². The largest absolute Gasteiger partial charge is 0.435 e. The molecule has 1 heterocycles. The van der Waals surface area contributed by atoms with Crippen LogP contribution in [0.5, 0.6) is 0 Å². The van der Waals surface area contributed by atoms with Crippen molar-refractivity contribution in [3.63, 3.8) is 0 Å². The average Bonchev–Trinajstić information content (AvgIpc) is 3.36. The van der Waals surface area contributed by atoms with Gasteiger partial charge in [0.2, 0.25) is 5.91 Å². The zero-order chi connectivity index (χ0) is 28.2. The lowest BCUT2D eigenvalue weighted by molar-refractivity contribution is -0.275. The zero-order valence-corrected chi connectivity index (χ0v) is 22.5. The Bertz CT molecular complexity index is 1410. The second-order valence-electron chi connectivity index (χ2n) is 9.23. The van der Waals surface area contributed by atoms with Gasteiger partial charge in [-0.15, -0.1) is 0 Å². The fourth-order valence-electron chi connectivity index (χ4n) is 4.50. The SMILES string of the molecule is CCCCCNC(=O)CNC(=O)c1ccc(C2=NOC(c3cc(Cl)cc(Cl)c3)(C(F)(F)F)C2)c2ccccc12. The number of benzene rings is 3. The number of rotatable bonds is 9. The summed E-state index contributed by atoms with van der Waals surface area (Å²) in [6, 6.07) is 13.5. The summed E-state index contributed by atoms with van der Waals surface area (Å²) >= 11 is 12.0. The van der Waals surface area contributed by atoms with Crippen molar-refractivity contribution in [2.24, 2.45) is 5.16 Å². The van der Waals surface area contributed by atoms with Gasteiger partial charge in [0.05, 0.1) is 12.3 Å². The molecule has 4 rings (SSSR count). The van der Waals surface area contributed by atoms with Crippen molar-refractivity contribution < 1.29 is 27.6 Å². The molecular formula is C28H26Cl2F3N3O3. The molecule has 3 aromatic carbocycles. The number of nitrogens with one attached hydrogen (secondary N) is 2. The molecule has 0 aliphatic carbocycles. The Labute approximate surface area is 233 Å². The van der Waals surface area contributed by atoms with E-state index in [4.69, 9.17) is 28.0 Å². The number of hydrogen-bond donors (Lipinski definition) is 2. The third-order valence-corrected chi connectivity index (χ3v) is 6.94. The number of carbonyl (C=O) groups is 2. The maximum Gasteiger partial charge on any atom is 0.435 e. The summed E-state index contributed by atoms with van der Waals surface area (Å²) in [6.07, 6.45) is -2.58. The molecule has 1 aliphatic heterocycles. The third kappa shape index (κ3) is 6.15. The van der Waals surface area contributed by atoms with Gasteiger partial charge in [-0.2, -0.15) is 13.2 Å². The minimum Gasteiger partial charge on any atom is -0.374 e. The van der Waals surface area contributed by atoms with Crippen LogP contribution >= 0.6 is 23.2 Å². The number of amides is 2. The van der Waals surface area contributed by atoms with Crippen LogP contribution in [0.15, 0.2) is 59.8 Å². The molecule has 1 aliphatic rings. The zero-order valence-electron chi connectivity index (χ0n) is 21.0. The Balaban J connectivity index is 1.59. The van der Waals surface area contributed by atoms with Gasteiger partial charge in [-0.3, -0.25) is 9.59 Å². The fraction of sp³-hybridized carbons (Fsp3) is 0.321. The number of fused-ring (bicyclic) bond motifs is 1. The molecule has 0 aromatic heterocycles. The summed E-state index contributed by atoms with van der Waals surface area (Å²) < 4.78 is 43.3. The molecule has 11 heteroatoms. The van der Waals surface area contributed by atoms with Crippen LogP contribution in [0.3, 0.4) is 0 Å². The molecule has 0 fully saturated rings. The number of nitrogens with zero attached hydrogens (tertiary/aromatic N) is 1. The van der Waals surface area contributed by atoms with E-state index in [1.165, 1.54) is 18.2 Å². The van der Waals surface area contributed by atoms with Gasteiger partial charge in [0.1, 0.15) is 0 Å². The minimum absolute atomic E-state index is 0.0358. The summed E-state index contributed by atoms with van der Waals surface area (Å²) in [5.74, 6) is -0.785. The molecule has 1 unspecified atom stereocenters. The average molecular weight is 580 g/mol. The van der Waals surface area contributed by atoms with Gasteiger partial charge in [0, 0.05) is 39.7 Å². The van der Waals surface area contributed by atoms with E-state index in [9.17, 15) is 22.8 Å². The molecule has 39 heavy (non-hydrogen) atoms. The molecule has 6 nitrogen and oxygen atoms in total. The van der Waals surface area contributed by atoms with Gasteiger partial charge < -0.3 is 15.5 Å². The lowest BCUT2D eigenvalue weighted by Gasteiger charge is -2.29. The monoisotopic (exact) mass is 579 g/mol. The molecule has 0 saturated heterocycles. The topological polar surface area (TPSA) is 79.8 Å². The second-order valence-corrected chi connectivity index (χ2v) is 10.1. The summed E-state index contributed by atoms with van der Waals surface area (Å²) in [6.45, 7) is 2.40. The lowest BCUT2D eigenvalue weighted by atomic mass is 9.85. The van der Waals surface area contributed by atoms with E-state index in [0.29, 0.717) is 22.9 Å². The first-order valence-corrected chi connectivity index (χ1v) is 13.2. The van der Waals surface area contributed by atoms with Crippen molar-refractivity contribution in [2.45, 2.75) is 44.4 Å². The van der Waals surface area contributed by atoms with Crippen molar-refractivity contribution in [1.29, 1.82) is 0 Å². The highest BCUT2D eigenvalue weighted by molar-refractivity contribution is 6.34. The molecule has 0 radical (unpaired) electrons. The molecule has 0 bridgehead atoms. The van der Waals surface area contributed by atoms with Crippen LogP contribution in [0.2, 0.25) is 10.0 Å². The highest BCUT2D eigenvalue weighted by Gasteiger charge is 2.62. The maximum atomic E-state index is 14.4. The van der Waals surface area contributed by atoms with E-state index in [1.54, 1.807) is 24.3 Å². The van der Waals surface area contributed by atoms with Crippen LogP contribution in [-0.4, -0.2) is 36.8 Å². The Morgan fingerprint density at radius 2 is 1.69 bits per heavy atom. The van der Waals surface area contributed by atoms with Crippen molar-refractivity contribution in [1.82, 2.24) is 10.6 Å². The molecular weight excluding hydrogens is 554 g/mol. The molecule has 206 valence electrons. The van der Waals surface area contributed by atoms with E-state index in [1.807, 2.05) is 0 Å². The van der Waals surface area contributed by atoms with Gasteiger partial charge in [0.25, 0.3) is 11.5 Å². The third-order valence-electron chi connectivity index (χ3n) is 6.51. The van der Waals surface area contributed by atoms with Crippen molar-refractivity contribution >= 4 is 51.5 Å². The normalized spacial score (nSPS) is 17.0. The number of halogens is 5. The van der Waals surface area contributed by atoms with E-state index < -0.39 is 24.1 Å². The number of hydrogen-bond acceptors (Lipinski definition) is 4. The van der Waals surface area contributed by atoms with E-state index >= 15 is 0 Å². The van der Waals surface area contributed by atoms with Crippen molar-refractivity contribution in [3.05, 3.63) is 81.3 Å².